The highest BCUT2D eigenvalue weighted by Crippen LogP contribution is 2.11. The van der Waals surface area contributed by atoms with E-state index >= 15 is 0 Å². The Balaban J connectivity index is 2.76. The molecular formula is C13H25N3O4S. The molecule has 21 heavy (non-hydrogen) atoms. The lowest BCUT2D eigenvalue weighted by Crippen LogP contribution is -2.41. The maximum absolute atomic E-state index is 12.3. The minimum Gasteiger partial charge on any atom is -0.396 e. The standard InChI is InChI=1S/C13H25N3O4S/c1-4-20-10-13(11(2)3)15-21(18,19)12-8-14-16(9-12)6-5-7-17/h8-9,11,13,15,17H,4-7,10H2,1-3H3. The number of rotatable bonds is 10. The highest BCUT2D eigenvalue weighted by molar-refractivity contribution is 7.89. The molecule has 0 amide bonds. The van der Waals surface area contributed by atoms with Crippen molar-refractivity contribution in [1.29, 1.82) is 0 Å². The van der Waals surface area contributed by atoms with Crippen molar-refractivity contribution in [3.05, 3.63) is 12.4 Å². The molecule has 0 fully saturated rings. The quantitative estimate of drug-likeness (QED) is 0.659. The van der Waals surface area contributed by atoms with E-state index in [0.717, 1.165) is 0 Å². The molecular weight excluding hydrogens is 294 g/mol. The first-order valence-electron chi connectivity index (χ1n) is 7.14. The van der Waals surface area contributed by atoms with Crippen LogP contribution in [0.2, 0.25) is 0 Å². The van der Waals surface area contributed by atoms with Gasteiger partial charge in [0.05, 0.1) is 12.8 Å². The van der Waals surface area contributed by atoms with Crippen LogP contribution in [0.25, 0.3) is 0 Å². The van der Waals surface area contributed by atoms with Crippen molar-refractivity contribution in [3.8, 4) is 0 Å². The largest absolute Gasteiger partial charge is 0.396 e. The van der Waals surface area contributed by atoms with Crippen LogP contribution in [0.3, 0.4) is 0 Å². The number of aliphatic hydroxyl groups excluding tert-OH is 1. The molecule has 1 aromatic heterocycles. The summed E-state index contributed by atoms with van der Waals surface area (Å²) in [6.07, 6.45) is 3.32. The van der Waals surface area contributed by atoms with Crippen LogP contribution in [-0.4, -0.2) is 49.2 Å². The summed E-state index contributed by atoms with van der Waals surface area (Å²) in [5.74, 6) is 0.121. The van der Waals surface area contributed by atoms with Gasteiger partial charge >= 0.3 is 0 Å². The minimum atomic E-state index is -3.61. The van der Waals surface area contributed by atoms with Crippen LogP contribution < -0.4 is 4.72 Å². The van der Waals surface area contributed by atoms with Crippen LogP contribution in [0.4, 0.5) is 0 Å². The Labute approximate surface area is 126 Å². The van der Waals surface area contributed by atoms with Crippen LogP contribution >= 0.6 is 0 Å². The molecule has 1 aromatic rings. The van der Waals surface area contributed by atoms with E-state index in [4.69, 9.17) is 9.84 Å². The Bertz CT molecular complexity index is 513. The fourth-order valence-corrected chi connectivity index (χ4v) is 3.03. The fourth-order valence-electron chi connectivity index (χ4n) is 1.71. The van der Waals surface area contributed by atoms with Crippen molar-refractivity contribution in [1.82, 2.24) is 14.5 Å². The van der Waals surface area contributed by atoms with Gasteiger partial charge in [-0.3, -0.25) is 4.68 Å². The summed E-state index contributed by atoms with van der Waals surface area (Å²) in [4.78, 5) is 0.127. The average molecular weight is 319 g/mol. The fraction of sp³-hybridized carbons (Fsp3) is 0.769. The van der Waals surface area contributed by atoms with E-state index in [1.54, 1.807) is 0 Å². The van der Waals surface area contributed by atoms with E-state index in [2.05, 4.69) is 9.82 Å². The molecule has 0 radical (unpaired) electrons. The van der Waals surface area contributed by atoms with Crippen LogP contribution in [0, 0.1) is 5.92 Å². The van der Waals surface area contributed by atoms with E-state index in [1.165, 1.54) is 17.1 Å². The zero-order chi connectivity index (χ0) is 15.9. The summed E-state index contributed by atoms with van der Waals surface area (Å²) in [5.41, 5.74) is 0. The van der Waals surface area contributed by atoms with Crippen LogP contribution in [0.15, 0.2) is 17.3 Å². The van der Waals surface area contributed by atoms with Gasteiger partial charge in [0.25, 0.3) is 0 Å². The Morgan fingerprint density at radius 1 is 1.48 bits per heavy atom. The second-order valence-electron chi connectivity index (χ2n) is 5.15. The molecule has 8 heteroatoms. The number of aromatic nitrogens is 2. The van der Waals surface area contributed by atoms with Gasteiger partial charge in [-0.2, -0.15) is 5.10 Å². The second-order valence-corrected chi connectivity index (χ2v) is 6.86. The van der Waals surface area contributed by atoms with Crippen LogP contribution in [0.5, 0.6) is 0 Å². The number of sulfonamides is 1. The Morgan fingerprint density at radius 2 is 2.19 bits per heavy atom. The first-order valence-corrected chi connectivity index (χ1v) is 8.62. The highest BCUT2D eigenvalue weighted by atomic mass is 32.2. The normalized spacial score (nSPS) is 13.8. The number of aliphatic hydroxyl groups is 1. The molecule has 0 saturated heterocycles. The lowest BCUT2D eigenvalue weighted by Gasteiger charge is -2.21. The molecule has 2 N–H and O–H groups in total. The zero-order valence-corrected chi connectivity index (χ0v) is 13.6. The van der Waals surface area contributed by atoms with Crippen molar-refractivity contribution in [3.63, 3.8) is 0 Å². The van der Waals surface area contributed by atoms with Gasteiger partial charge in [-0.1, -0.05) is 13.8 Å². The summed E-state index contributed by atoms with van der Waals surface area (Å²) in [5, 5.41) is 12.8. The Hall–Kier alpha value is -0.960. The van der Waals surface area contributed by atoms with Crippen molar-refractivity contribution in [2.75, 3.05) is 19.8 Å². The SMILES string of the molecule is CCOCC(NS(=O)(=O)c1cnn(CCCO)c1)C(C)C. The Kier molecular flexibility index (Phi) is 7.30. The van der Waals surface area contributed by atoms with E-state index in [9.17, 15) is 8.42 Å². The molecule has 1 heterocycles. The van der Waals surface area contributed by atoms with Crippen molar-refractivity contribution in [2.24, 2.45) is 5.92 Å². The third-order valence-corrected chi connectivity index (χ3v) is 4.52. The van der Waals surface area contributed by atoms with Gasteiger partial charge in [0.1, 0.15) is 4.90 Å². The topological polar surface area (TPSA) is 93.5 Å². The van der Waals surface area contributed by atoms with Crippen molar-refractivity contribution >= 4 is 10.0 Å². The van der Waals surface area contributed by atoms with Gasteiger partial charge in [0, 0.05) is 32.0 Å². The maximum atomic E-state index is 12.3. The predicted molar refractivity (Wildman–Crippen MR) is 79.4 cm³/mol. The van der Waals surface area contributed by atoms with E-state index < -0.39 is 10.0 Å². The minimum absolute atomic E-state index is 0.0456. The van der Waals surface area contributed by atoms with Gasteiger partial charge < -0.3 is 9.84 Å². The first-order chi connectivity index (χ1) is 9.90. The van der Waals surface area contributed by atoms with Gasteiger partial charge in [-0.05, 0) is 19.3 Å². The average Bonchev–Trinajstić information content (AvgIpc) is 2.90. The molecule has 7 nitrogen and oxygen atoms in total. The monoisotopic (exact) mass is 319 g/mol. The molecule has 1 atom stereocenters. The van der Waals surface area contributed by atoms with Gasteiger partial charge in [-0.25, -0.2) is 13.1 Å². The molecule has 0 bridgehead atoms. The number of nitrogens with zero attached hydrogens (tertiary/aromatic N) is 2. The summed E-state index contributed by atoms with van der Waals surface area (Å²) in [7, 11) is -3.61. The first kappa shape index (κ1) is 18.1. The zero-order valence-electron chi connectivity index (χ0n) is 12.8. The predicted octanol–water partition coefficient (Wildman–Crippen LogP) is 0.605. The molecule has 0 aromatic carbocycles. The van der Waals surface area contributed by atoms with Crippen LogP contribution in [0.1, 0.15) is 27.2 Å². The van der Waals surface area contributed by atoms with E-state index in [0.29, 0.717) is 26.2 Å². The third-order valence-electron chi connectivity index (χ3n) is 3.08. The molecule has 0 spiro atoms. The molecule has 0 aliphatic heterocycles. The highest BCUT2D eigenvalue weighted by Gasteiger charge is 2.23. The third kappa shape index (κ3) is 5.74. The van der Waals surface area contributed by atoms with Crippen molar-refractivity contribution < 1.29 is 18.3 Å². The molecule has 1 rings (SSSR count). The lowest BCUT2D eigenvalue weighted by atomic mass is 10.1. The lowest BCUT2D eigenvalue weighted by molar-refractivity contribution is 0.116. The molecule has 0 aliphatic rings. The molecule has 0 saturated carbocycles. The van der Waals surface area contributed by atoms with Crippen molar-refractivity contribution in [2.45, 2.75) is 44.7 Å². The smallest absolute Gasteiger partial charge is 0.244 e. The van der Waals surface area contributed by atoms with Gasteiger partial charge in [-0.15, -0.1) is 0 Å². The number of nitrogens with one attached hydrogen (secondary N) is 1. The Morgan fingerprint density at radius 3 is 2.76 bits per heavy atom. The molecule has 1 unspecified atom stereocenters. The van der Waals surface area contributed by atoms with Gasteiger partial charge in [0.2, 0.25) is 10.0 Å². The summed E-state index contributed by atoms with van der Waals surface area (Å²) in [6.45, 7) is 7.17. The molecule has 0 aliphatic carbocycles. The maximum Gasteiger partial charge on any atom is 0.244 e. The number of aryl methyl sites for hydroxylation is 1. The number of ether oxygens (including phenoxy) is 1. The molecule has 122 valence electrons. The summed E-state index contributed by atoms with van der Waals surface area (Å²) < 4.78 is 34.1. The van der Waals surface area contributed by atoms with E-state index in [1.807, 2.05) is 20.8 Å². The van der Waals surface area contributed by atoms with E-state index in [-0.39, 0.29) is 23.5 Å². The number of hydrogen-bond acceptors (Lipinski definition) is 5. The summed E-state index contributed by atoms with van der Waals surface area (Å²) >= 11 is 0. The number of hydrogen-bond donors (Lipinski definition) is 2. The van der Waals surface area contributed by atoms with Crippen LogP contribution in [-0.2, 0) is 21.3 Å². The summed E-state index contributed by atoms with van der Waals surface area (Å²) in [6, 6.07) is -0.282. The second kappa shape index (κ2) is 8.47. The van der Waals surface area contributed by atoms with Gasteiger partial charge in [0.15, 0.2) is 0 Å².